The fraction of sp³-hybridized carbons (Fsp3) is 0.312. The number of rotatable bonds is 2. The molecule has 1 aromatic heterocycles. The number of halogens is 1. The van der Waals surface area contributed by atoms with Gasteiger partial charge in [-0.2, -0.15) is 0 Å². The van der Waals surface area contributed by atoms with Crippen molar-refractivity contribution in [2.24, 2.45) is 7.05 Å². The molecule has 0 saturated heterocycles. The van der Waals surface area contributed by atoms with Gasteiger partial charge in [0.1, 0.15) is 5.69 Å². The summed E-state index contributed by atoms with van der Waals surface area (Å²) in [5.41, 5.74) is 9.73. The van der Waals surface area contributed by atoms with Crippen molar-refractivity contribution in [1.82, 2.24) is 9.88 Å². The highest BCUT2D eigenvalue weighted by molar-refractivity contribution is 9.10. The zero-order valence-electron chi connectivity index (χ0n) is 11.9. The summed E-state index contributed by atoms with van der Waals surface area (Å²) in [6.45, 7) is 0. The third-order valence-corrected chi connectivity index (χ3v) is 4.42. The molecule has 1 heterocycles. The van der Waals surface area contributed by atoms with Crippen molar-refractivity contribution in [1.29, 1.82) is 0 Å². The number of hydrogen-bond acceptors (Lipinski definition) is 2. The van der Waals surface area contributed by atoms with Crippen molar-refractivity contribution < 1.29 is 4.79 Å². The number of nitrogens with two attached hydrogens (primary N) is 1. The fourth-order valence-corrected chi connectivity index (χ4v) is 3.49. The lowest BCUT2D eigenvalue weighted by Gasteiger charge is -2.26. The second-order valence-electron chi connectivity index (χ2n) is 5.53. The highest BCUT2D eigenvalue weighted by atomic mass is 79.9. The first-order chi connectivity index (χ1) is 10.0. The van der Waals surface area contributed by atoms with Gasteiger partial charge in [-0.1, -0.05) is 6.07 Å². The number of carbonyl (C=O) groups excluding carboxylic acids is 1. The van der Waals surface area contributed by atoms with Crippen molar-refractivity contribution >= 4 is 27.5 Å². The van der Waals surface area contributed by atoms with Gasteiger partial charge in [0.2, 0.25) is 0 Å². The summed E-state index contributed by atoms with van der Waals surface area (Å²) in [5, 5.41) is 3.14. The Morgan fingerprint density at radius 3 is 2.95 bits per heavy atom. The van der Waals surface area contributed by atoms with Crippen LogP contribution in [0.2, 0.25) is 0 Å². The molecular formula is C16H18BrN3O. The molecule has 110 valence electrons. The standard InChI is InChI=1S/C16H18BrN3O/c1-20-9-11(17)8-15(20)16(21)19-14-4-2-3-10-7-12(18)5-6-13(10)14/h5-9,14H,2-4,18H2,1H3,(H,19,21). The van der Waals surface area contributed by atoms with Crippen LogP contribution < -0.4 is 11.1 Å². The largest absolute Gasteiger partial charge is 0.399 e. The Balaban J connectivity index is 1.83. The first-order valence-corrected chi connectivity index (χ1v) is 7.85. The van der Waals surface area contributed by atoms with Crippen molar-refractivity contribution in [3.05, 3.63) is 51.8 Å². The van der Waals surface area contributed by atoms with Gasteiger partial charge in [-0.05, 0) is 64.5 Å². The van der Waals surface area contributed by atoms with Gasteiger partial charge in [-0.25, -0.2) is 0 Å². The fourth-order valence-electron chi connectivity index (χ4n) is 2.97. The maximum atomic E-state index is 12.4. The first kappa shape index (κ1) is 14.2. The van der Waals surface area contributed by atoms with Crippen LogP contribution in [0.15, 0.2) is 34.9 Å². The molecule has 1 unspecified atom stereocenters. The summed E-state index contributed by atoms with van der Waals surface area (Å²) in [6, 6.07) is 7.86. The number of nitrogen functional groups attached to an aromatic ring is 1. The number of nitrogens with zero attached hydrogens (tertiary/aromatic N) is 1. The minimum atomic E-state index is -0.0436. The molecule has 1 aromatic carbocycles. The maximum absolute atomic E-state index is 12.4. The topological polar surface area (TPSA) is 60.0 Å². The summed E-state index contributed by atoms with van der Waals surface area (Å²) in [7, 11) is 1.87. The van der Waals surface area contributed by atoms with Gasteiger partial charge in [0.25, 0.3) is 5.91 Å². The monoisotopic (exact) mass is 347 g/mol. The number of aryl methyl sites for hydroxylation is 2. The molecule has 0 bridgehead atoms. The van der Waals surface area contributed by atoms with Crippen LogP contribution in [0.5, 0.6) is 0 Å². The van der Waals surface area contributed by atoms with Crippen molar-refractivity contribution in [2.45, 2.75) is 25.3 Å². The number of anilines is 1. The van der Waals surface area contributed by atoms with E-state index in [0.29, 0.717) is 5.69 Å². The lowest BCUT2D eigenvalue weighted by molar-refractivity contribution is 0.0924. The summed E-state index contributed by atoms with van der Waals surface area (Å²) in [4.78, 5) is 12.4. The molecule has 0 aliphatic heterocycles. The van der Waals surface area contributed by atoms with Gasteiger partial charge in [-0.15, -0.1) is 0 Å². The van der Waals surface area contributed by atoms with E-state index in [9.17, 15) is 4.79 Å². The molecule has 5 heteroatoms. The van der Waals surface area contributed by atoms with Crippen molar-refractivity contribution in [3.8, 4) is 0 Å². The van der Waals surface area contributed by atoms with E-state index in [1.54, 1.807) is 0 Å². The van der Waals surface area contributed by atoms with E-state index < -0.39 is 0 Å². The second-order valence-corrected chi connectivity index (χ2v) is 6.45. The van der Waals surface area contributed by atoms with E-state index in [4.69, 9.17) is 5.73 Å². The van der Waals surface area contributed by atoms with Crippen LogP contribution in [0.25, 0.3) is 0 Å². The third kappa shape index (κ3) is 2.83. The molecule has 1 amide bonds. The maximum Gasteiger partial charge on any atom is 0.268 e. The highest BCUT2D eigenvalue weighted by Crippen LogP contribution is 2.31. The van der Waals surface area contributed by atoms with Crippen LogP contribution in [0.4, 0.5) is 5.69 Å². The number of amides is 1. The van der Waals surface area contributed by atoms with Crippen LogP contribution in [-0.4, -0.2) is 10.5 Å². The van der Waals surface area contributed by atoms with Gasteiger partial charge in [0.15, 0.2) is 0 Å². The molecule has 3 rings (SSSR count). The molecule has 4 nitrogen and oxygen atoms in total. The zero-order valence-corrected chi connectivity index (χ0v) is 13.5. The Kier molecular flexibility index (Phi) is 3.76. The first-order valence-electron chi connectivity index (χ1n) is 7.05. The van der Waals surface area contributed by atoms with Gasteiger partial charge in [0.05, 0.1) is 6.04 Å². The normalized spacial score (nSPS) is 17.3. The van der Waals surface area contributed by atoms with E-state index in [2.05, 4.69) is 21.2 Å². The van der Waals surface area contributed by atoms with Gasteiger partial charge in [-0.3, -0.25) is 4.79 Å². The smallest absolute Gasteiger partial charge is 0.268 e. The number of aromatic nitrogens is 1. The van der Waals surface area contributed by atoms with Gasteiger partial charge in [0, 0.05) is 23.4 Å². The average Bonchev–Trinajstić information content (AvgIpc) is 2.77. The average molecular weight is 348 g/mol. The predicted octanol–water partition coefficient (Wildman–Crippen LogP) is 3.18. The van der Waals surface area contributed by atoms with E-state index in [1.165, 1.54) is 11.1 Å². The number of carbonyl (C=O) groups is 1. The van der Waals surface area contributed by atoms with Crippen LogP contribution >= 0.6 is 15.9 Å². The summed E-state index contributed by atoms with van der Waals surface area (Å²) in [5.74, 6) is -0.0436. The number of hydrogen-bond donors (Lipinski definition) is 2. The van der Waals surface area contributed by atoms with Crippen molar-refractivity contribution in [3.63, 3.8) is 0 Å². The summed E-state index contributed by atoms with van der Waals surface area (Å²) in [6.07, 6.45) is 4.94. The number of benzene rings is 1. The molecule has 1 atom stereocenters. The molecular weight excluding hydrogens is 330 g/mol. The molecule has 2 aromatic rings. The van der Waals surface area contributed by atoms with Gasteiger partial charge < -0.3 is 15.6 Å². The molecule has 0 spiro atoms. The second kappa shape index (κ2) is 5.56. The summed E-state index contributed by atoms with van der Waals surface area (Å²) < 4.78 is 2.73. The number of nitrogens with one attached hydrogen (secondary N) is 1. The predicted molar refractivity (Wildman–Crippen MR) is 87.1 cm³/mol. The quantitative estimate of drug-likeness (QED) is 0.819. The molecule has 1 aliphatic rings. The van der Waals surface area contributed by atoms with E-state index in [0.717, 1.165) is 29.4 Å². The third-order valence-electron chi connectivity index (χ3n) is 3.99. The molecule has 0 fully saturated rings. The SMILES string of the molecule is Cn1cc(Br)cc1C(=O)NC1CCCc2cc(N)ccc21. The molecule has 21 heavy (non-hydrogen) atoms. The zero-order chi connectivity index (χ0) is 15.0. The minimum absolute atomic E-state index is 0.0436. The molecule has 1 aliphatic carbocycles. The van der Waals surface area contributed by atoms with Gasteiger partial charge >= 0.3 is 0 Å². The Labute approximate surface area is 132 Å². The number of fused-ring (bicyclic) bond motifs is 1. The van der Waals surface area contributed by atoms with E-state index in [-0.39, 0.29) is 11.9 Å². The Morgan fingerprint density at radius 1 is 1.43 bits per heavy atom. The minimum Gasteiger partial charge on any atom is -0.399 e. The Bertz CT molecular complexity index is 693. The molecule has 3 N–H and O–H groups in total. The van der Waals surface area contributed by atoms with Crippen molar-refractivity contribution in [2.75, 3.05) is 5.73 Å². The highest BCUT2D eigenvalue weighted by Gasteiger charge is 2.23. The Morgan fingerprint density at radius 2 is 2.24 bits per heavy atom. The lowest BCUT2D eigenvalue weighted by Crippen LogP contribution is -2.32. The lowest BCUT2D eigenvalue weighted by atomic mass is 9.87. The van der Waals surface area contributed by atoms with E-state index >= 15 is 0 Å². The Hall–Kier alpha value is -1.75. The molecule has 0 radical (unpaired) electrons. The van der Waals surface area contributed by atoms with Crippen LogP contribution in [0.1, 0.15) is 40.5 Å². The molecule has 0 saturated carbocycles. The van der Waals surface area contributed by atoms with E-state index in [1.807, 2.05) is 42.1 Å². The summed E-state index contributed by atoms with van der Waals surface area (Å²) >= 11 is 3.40. The van der Waals surface area contributed by atoms with Crippen LogP contribution in [-0.2, 0) is 13.5 Å². The van der Waals surface area contributed by atoms with Crippen LogP contribution in [0, 0.1) is 0 Å². The van der Waals surface area contributed by atoms with Crippen LogP contribution in [0.3, 0.4) is 0 Å².